The summed E-state index contributed by atoms with van der Waals surface area (Å²) in [4.78, 5) is 18.0. The number of aromatic nitrogens is 1. The number of nitrogens with one attached hydrogen (secondary N) is 1. The van der Waals surface area contributed by atoms with Gasteiger partial charge >= 0.3 is 5.97 Å². The smallest absolute Gasteiger partial charge is 0.335 e. The van der Waals surface area contributed by atoms with Crippen LogP contribution < -0.4 is 5.32 Å². The number of carbonyl (C=O) groups is 1. The van der Waals surface area contributed by atoms with Crippen molar-refractivity contribution in [1.29, 1.82) is 0 Å². The van der Waals surface area contributed by atoms with Gasteiger partial charge in [-0.25, -0.2) is 4.79 Å². The van der Waals surface area contributed by atoms with Crippen molar-refractivity contribution in [1.82, 2.24) is 15.2 Å². The number of carboxylic acid groups (broad SMARTS) is 1. The van der Waals surface area contributed by atoms with E-state index in [0.29, 0.717) is 40.4 Å². The Morgan fingerprint density at radius 1 is 1.31 bits per heavy atom. The lowest BCUT2D eigenvalue weighted by Gasteiger charge is -2.26. The van der Waals surface area contributed by atoms with Gasteiger partial charge in [0.1, 0.15) is 17.6 Å². The molecule has 32 heavy (non-hydrogen) atoms. The Morgan fingerprint density at radius 2 is 2.16 bits per heavy atom. The molecule has 3 heterocycles. The maximum absolute atomic E-state index is 11.4. The Morgan fingerprint density at radius 3 is 2.88 bits per heavy atom. The second kappa shape index (κ2) is 9.68. The number of hydrogen-bond donors (Lipinski definition) is 2. The summed E-state index contributed by atoms with van der Waals surface area (Å²) in [5, 5.41) is 13.7. The number of thiocarbonyl (C=S) groups is 1. The minimum absolute atomic E-state index is 0.138. The second-order valence-electron chi connectivity index (χ2n) is 7.37. The van der Waals surface area contributed by atoms with E-state index in [1.807, 2.05) is 24.3 Å². The van der Waals surface area contributed by atoms with Crippen molar-refractivity contribution < 1.29 is 19.1 Å². The number of pyridine rings is 1. The van der Waals surface area contributed by atoms with E-state index in [-0.39, 0.29) is 17.6 Å². The number of rotatable bonds is 8. The van der Waals surface area contributed by atoms with Gasteiger partial charge in [-0.15, -0.1) is 0 Å². The number of carboxylic acids is 1. The molecule has 0 amide bonds. The highest BCUT2D eigenvalue weighted by atomic mass is 35.5. The highest BCUT2D eigenvalue weighted by Gasteiger charge is 2.41. The predicted molar refractivity (Wildman–Crippen MR) is 125 cm³/mol. The molecular weight excluding hydrogens is 450 g/mol. The van der Waals surface area contributed by atoms with Gasteiger partial charge in [0.15, 0.2) is 5.11 Å². The summed E-state index contributed by atoms with van der Waals surface area (Å²) in [6.45, 7) is 1.29. The zero-order valence-electron chi connectivity index (χ0n) is 17.3. The lowest BCUT2D eigenvalue weighted by Crippen LogP contribution is -2.31. The van der Waals surface area contributed by atoms with Crippen LogP contribution in [0.15, 0.2) is 59.1 Å². The van der Waals surface area contributed by atoms with Crippen LogP contribution in [0, 0.1) is 0 Å². The minimum atomic E-state index is -1.03. The van der Waals surface area contributed by atoms with Crippen LogP contribution in [0.5, 0.6) is 0 Å². The molecule has 0 spiro atoms. The van der Waals surface area contributed by atoms with Crippen LogP contribution in [0.2, 0.25) is 5.02 Å². The van der Waals surface area contributed by atoms with Gasteiger partial charge in [-0.2, -0.15) is 0 Å². The normalized spacial score (nSPS) is 18.1. The molecule has 2 aromatic heterocycles. The van der Waals surface area contributed by atoms with Crippen molar-refractivity contribution in [2.45, 2.75) is 18.5 Å². The zero-order chi connectivity index (χ0) is 22.7. The fourth-order valence-corrected chi connectivity index (χ4v) is 4.38. The van der Waals surface area contributed by atoms with E-state index >= 15 is 0 Å². The molecule has 1 aliphatic heterocycles. The van der Waals surface area contributed by atoms with Gasteiger partial charge in [-0.1, -0.05) is 17.7 Å². The van der Waals surface area contributed by atoms with Gasteiger partial charge in [0.05, 0.1) is 22.3 Å². The molecule has 1 saturated heterocycles. The quantitative estimate of drug-likeness (QED) is 0.361. The van der Waals surface area contributed by atoms with E-state index in [1.165, 1.54) is 12.1 Å². The Hall–Kier alpha value is -2.94. The van der Waals surface area contributed by atoms with Crippen LogP contribution in [-0.4, -0.2) is 46.3 Å². The molecule has 1 fully saturated rings. The van der Waals surface area contributed by atoms with E-state index in [0.717, 1.165) is 12.1 Å². The largest absolute Gasteiger partial charge is 0.478 e. The lowest BCUT2D eigenvalue weighted by atomic mass is 10.0. The SMILES string of the molecule is COCCCN1C(=S)N[C@H](c2ccccn2)[C@H]1c1ccc(-c2cc(C(=O)O)ccc2Cl)o1. The lowest BCUT2D eigenvalue weighted by molar-refractivity contribution is 0.0697. The number of hydrogen-bond acceptors (Lipinski definition) is 5. The van der Waals surface area contributed by atoms with E-state index in [1.54, 1.807) is 25.4 Å². The molecule has 9 heteroatoms. The summed E-state index contributed by atoms with van der Waals surface area (Å²) in [5.74, 6) is 0.138. The standard InChI is InChI=1S/C23H22ClN3O4S/c1-30-12-4-11-27-21(20(26-23(27)32)17-5-2-3-10-25-17)19-9-8-18(31-19)15-13-14(22(28)29)6-7-16(15)24/h2-3,5-10,13,20-21H,4,11-12H2,1H3,(H,26,32)(H,28,29)/t20-,21-/m1/s1. The Balaban J connectivity index is 1.71. The van der Waals surface area contributed by atoms with Crippen LogP contribution in [0.4, 0.5) is 0 Å². The van der Waals surface area contributed by atoms with Crippen LogP contribution >= 0.6 is 23.8 Å². The summed E-state index contributed by atoms with van der Waals surface area (Å²) >= 11 is 12.0. The number of nitrogens with zero attached hydrogens (tertiary/aromatic N) is 2. The van der Waals surface area contributed by atoms with Crippen molar-refractivity contribution in [2.75, 3.05) is 20.3 Å². The fourth-order valence-electron chi connectivity index (χ4n) is 3.84. The third-order valence-corrected chi connectivity index (χ3v) is 6.02. The molecule has 1 aliphatic rings. The summed E-state index contributed by atoms with van der Waals surface area (Å²) in [6, 6.07) is 13.5. The summed E-state index contributed by atoms with van der Waals surface area (Å²) in [5.41, 5.74) is 1.50. The molecule has 0 saturated carbocycles. The van der Waals surface area contributed by atoms with E-state index in [2.05, 4.69) is 15.2 Å². The van der Waals surface area contributed by atoms with Crippen molar-refractivity contribution in [2.24, 2.45) is 0 Å². The topological polar surface area (TPSA) is 87.8 Å². The Labute approximate surface area is 196 Å². The molecule has 0 unspecified atom stereocenters. The highest BCUT2D eigenvalue weighted by molar-refractivity contribution is 7.80. The van der Waals surface area contributed by atoms with Gasteiger partial charge in [-0.05, 0) is 61.1 Å². The number of methoxy groups -OCH3 is 1. The van der Waals surface area contributed by atoms with Crippen molar-refractivity contribution in [3.05, 3.63) is 76.8 Å². The molecule has 2 atom stereocenters. The minimum Gasteiger partial charge on any atom is -0.478 e. The fraction of sp³-hybridized carbons (Fsp3) is 0.261. The number of benzene rings is 1. The molecule has 2 N–H and O–H groups in total. The van der Waals surface area contributed by atoms with Gasteiger partial charge in [0, 0.05) is 32.0 Å². The zero-order valence-corrected chi connectivity index (χ0v) is 18.9. The molecular formula is C23H22ClN3O4S. The van der Waals surface area contributed by atoms with Crippen molar-refractivity contribution in [3.63, 3.8) is 0 Å². The maximum Gasteiger partial charge on any atom is 0.335 e. The molecule has 7 nitrogen and oxygen atoms in total. The molecule has 1 aromatic carbocycles. The number of furan rings is 1. The van der Waals surface area contributed by atoms with Gasteiger partial charge < -0.3 is 24.5 Å². The van der Waals surface area contributed by atoms with Crippen LogP contribution in [0.1, 0.15) is 40.3 Å². The predicted octanol–water partition coefficient (Wildman–Crippen LogP) is 4.70. The Kier molecular flexibility index (Phi) is 6.74. The van der Waals surface area contributed by atoms with Crippen LogP contribution in [-0.2, 0) is 4.74 Å². The van der Waals surface area contributed by atoms with Crippen molar-refractivity contribution >= 4 is 34.9 Å². The summed E-state index contributed by atoms with van der Waals surface area (Å²) in [6.07, 6.45) is 2.54. The van der Waals surface area contributed by atoms with Gasteiger partial charge in [0.25, 0.3) is 0 Å². The maximum atomic E-state index is 11.4. The average molecular weight is 472 g/mol. The third-order valence-electron chi connectivity index (χ3n) is 5.34. The molecule has 0 aliphatic carbocycles. The first-order valence-electron chi connectivity index (χ1n) is 10.1. The van der Waals surface area contributed by atoms with Gasteiger partial charge in [-0.3, -0.25) is 4.98 Å². The monoisotopic (exact) mass is 471 g/mol. The third kappa shape index (κ3) is 4.48. The van der Waals surface area contributed by atoms with E-state index in [4.69, 9.17) is 33.0 Å². The highest BCUT2D eigenvalue weighted by Crippen LogP contribution is 2.41. The Bertz CT molecular complexity index is 1120. The molecule has 4 rings (SSSR count). The summed E-state index contributed by atoms with van der Waals surface area (Å²) in [7, 11) is 1.67. The molecule has 0 radical (unpaired) electrons. The molecule has 166 valence electrons. The van der Waals surface area contributed by atoms with Crippen LogP contribution in [0.25, 0.3) is 11.3 Å². The average Bonchev–Trinajstić information content (AvgIpc) is 3.39. The van der Waals surface area contributed by atoms with E-state index < -0.39 is 5.97 Å². The number of halogens is 1. The first-order valence-corrected chi connectivity index (χ1v) is 10.9. The molecule has 3 aromatic rings. The first kappa shape index (κ1) is 22.3. The van der Waals surface area contributed by atoms with Gasteiger partial charge in [0.2, 0.25) is 0 Å². The number of ether oxygens (including phenoxy) is 1. The summed E-state index contributed by atoms with van der Waals surface area (Å²) < 4.78 is 11.4. The number of aromatic carboxylic acids is 1. The molecule has 0 bridgehead atoms. The second-order valence-corrected chi connectivity index (χ2v) is 8.16. The van der Waals surface area contributed by atoms with E-state index in [9.17, 15) is 9.90 Å². The van der Waals surface area contributed by atoms with Crippen LogP contribution in [0.3, 0.4) is 0 Å². The van der Waals surface area contributed by atoms with Crippen molar-refractivity contribution in [3.8, 4) is 11.3 Å². The first-order chi connectivity index (χ1) is 15.5.